The number of aromatic carboxylic acids is 1. The molecule has 0 aliphatic carbocycles. The van der Waals surface area contributed by atoms with Crippen LogP contribution in [0.15, 0.2) is 18.5 Å². The summed E-state index contributed by atoms with van der Waals surface area (Å²) >= 11 is 0. The maximum atomic E-state index is 12.1. The van der Waals surface area contributed by atoms with E-state index in [-0.39, 0.29) is 11.6 Å². The molecule has 2 rings (SSSR count). The number of nitrogens with zero attached hydrogens (tertiary/aromatic N) is 3. The van der Waals surface area contributed by atoms with Crippen molar-refractivity contribution in [1.82, 2.24) is 14.8 Å². The number of rotatable bonds is 2. The van der Waals surface area contributed by atoms with Crippen molar-refractivity contribution in [3.8, 4) is 0 Å². The second kappa shape index (κ2) is 6.33. The van der Waals surface area contributed by atoms with E-state index in [1.165, 1.54) is 18.5 Å². The molecule has 2 heterocycles. The number of hydrogen-bond donors (Lipinski definition) is 2. The molecule has 1 aromatic heterocycles. The van der Waals surface area contributed by atoms with Gasteiger partial charge in [0.05, 0.1) is 17.4 Å². The van der Waals surface area contributed by atoms with E-state index in [1.54, 1.807) is 4.90 Å². The number of carboxylic acid groups (broad SMARTS) is 1. The molecule has 0 radical (unpaired) electrons. The van der Waals surface area contributed by atoms with Gasteiger partial charge in [-0.15, -0.1) is 0 Å². The van der Waals surface area contributed by atoms with Crippen molar-refractivity contribution in [3.05, 3.63) is 24.0 Å². The molecule has 1 aromatic rings. The van der Waals surface area contributed by atoms with Crippen LogP contribution in [-0.2, 0) is 0 Å². The molecule has 7 nitrogen and oxygen atoms in total. The summed E-state index contributed by atoms with van der Waals surface area (Å²) in [6, 6.07) is 1.18. The average Bonchev–Trinajstić information content (AvgIpc) is 2.64. The number of aromatic nitrogens is 1. The number of carbonyl (C=O) groups is 2. The predicted octanol–water partition coefficient (Wildman–Crippen LogP) is 0.949. The molecule has 0 atom stereocenters. The van der Waals surface area contributed by atoms with Gasteiger partial charge in [0.1, 0.15) is 0 Å². The van der Waals surface area contributed by atoms with Gasteiger partial charge in [-0.25, -0.2) is 9.59 Å². The normalized spacial score (nSPS) is 16.6. The molecule has 108 valence electrons. The lowest BCUT2D eigenvalue weighted by Gasteiger charge is -2.21. The zero-order chi connectivity index (χ0) is 14.5. The number of carboxylic acids is 1. The number of amides is 2. The maximum absolute atomic E-state index is 12.1. The standard InChI is InChI=1S/C13H18N4O3/c1-16-3-2-4-17(6-5-16)13(20)15-11-7-10(12(18)19)8-14-9-11/h7-9H,2-6H2,1H3,(H,15,20)(H,18,19). The topological polar surface area (TPSA) is 85.8 Å². The zero-order valence-electron chi connectivity index (χ0n) is 11.4. The Balaban J connectivity index is 2.00. The van der Waals surface area contributed by atoms with Crippen molar-refractivity contribution in [2.45, 2.75) is 6.42 Å². The van der Waals surface area contributed by atoms with Crippen LogP contribution in [0.4, 0.5) is 10.5 Å². The minimum atomic E-state index is -1.06. The second-order valence-corrected chi connectivity index (χ2v) is 4.84. The van der Waals surface area contributed by atoms with E-state index in [0.29, 0.717) is 18.8 Å². The highest BCUT2D eigenvalue weighted by Crippen LogP contribution is 2.10. The average molecular weight is 278 g/mol. The Kier molecular flexibility index (Phi) is 4.52. The summed E-state index contributed by atoms with van der Waals surface area (Å²) < 4.78 is 0. The summed E-state index contributed by atoms with van der Waals surface area (Å²) in [5.41, 5.74) is 0.450. The fourth-order valence-electron chi connectivity index (χ4n) is 2.08. The largest absolute Gasteiger partial charge is 0.478 e. The SMILES string of the molecule is CN1CCCN(C(=O)Nc2cncc(C(=O)O)c2)CC1. The molecular weight excluding hydrogens is 260 g/mol. The van der Waals surface area contributed by atoms with Gasteiger partial charge in [0.25, 0.3) is 0 Å². The molecule has 2 N–H and O–H groups in total. The van der Waals surface area contributed by atoms with Gasteiger partial charge in [-0.3, -0.25) is 4.98 Å². The minimum Gasteiger partial charge on any atom is -0.478 e. The molecule has 7 heteroatoms. The first-order chi connectivity index (χ1) is 9.56. The van der Waals surface area contributed by atoms with E-state index in [2.05, 4.69) is 15.2 Å². The molecule has 0 unspecified atom stereocenters. The summed E-state index contributed by atoms with van der Waals surface area (Å²) in [7, 11) is 2.03. The van der Waals surface area contributed by atoms with Crippen LogP contribution in [0.3, 0.4) is 0 Å². The van der Waals surface area contributed by atoms with Crippen molar-refractivity contribution in [3.63, 3.8) is 0 Å². The highest BCUT2D eigenvalue weighted by molar-refractivity contribution is 5.92. The fourth-order valence-corrected chi connectivity index (χ4v) is 2.08. The number of carbonyl (C=O) groups excluding carboxylic acids is 1. The summed E-state index contributed by atoms with van der Waals surface area (Å²) in [4.78, 5) is 30.7. The van der Waals surface area contributed by atoms with Gasteiger partial charge in [-0.1, -0.05) is 0 Å². The number of nitrogens with one attached hydrogen (secondary N) is 1. The number of urea groups is 1. The first kappa shape index (κ1) is 14.3. The summed E-state index contributed by atoms with van der Waals surface area (Å²) in [5, 5.41) is 11.6. The van der Waals surface area contributed by atoms with E-state index in [9.17, 15) is 9.59 Å². The van der Waals surface area contributed by atoms with Crippen molar-refractivity contribution in [2.24, 2.45) is 0 Å². The van der Waals surface area contributed by atoms with Gasteiger partial charge in [0.15, 0.2) is 0 Å². The van der Waals surface area contributed by atoms with E-state index in [0.717, 1.165) is 19.5 Å². The van der Waals surface area contributed by atoms with Crippen molar-refractivity contribution in [1.29, 1.82) is 0 Å². The monoisotopic (exact) mass is 278 g/mol. The third-order valence-corrected chi connectivity index (χ3v) is 3.24. The zero-order valence-corrected chi connectivity index (χ0v) is 11.4. The Morgan fingerprint density at radius 1 is 1.25 bits per heavy atom. The van der Waals surface area contributed by atoms with Crippen molar-refractivity contribution >= 4 is 17.7 Å². The van der Waals surface area contributed by atoms with Crippen LogP contribution < -0.4 is 5.32 Å². The smallest absolute Gasteiger partial charge is 0.337 e. The lowest BCUT2D eigenvalue weighted by molar-refractivity contribution is 0.0696. The van der Waals surface area contributed by atoms with Gasteiger partial charge in [0.2, 0.25) is 0 Å². The summed E-state index contributed by atoms with van der Waals surface area (Å²) in [6.45, 7) is 3.16. The first-order valence-electron chi connectivity index (χ1n) is 6.49. The van der Waals surface area contributed by atoms with Gasteiger partial charge in [-0.2, -0.15) is 0 Å². The van der Waals surface area contributed by atoms with Gasteiger partial charge < -0.3 is 20.2 Å². The Hall–Kier alpha value is -2.15. The van der Waals surface area contributed by atoms with Crippen LogP contribution in [0.5, 0.6) is 0 Å². The number of anilines is 1. The van der Waals surface area contributed by atoms with E-state index in [4.69, 9.17) is 5.11 Å². The van der Waals surface area contributed by atoms with E-state index in [1.807, 2.05) is 7.05 Å². The highest BCUT2D eigenvalue weighted by atomic mass is 16.4. The van der Waals surface area contributed by atoms with E-state index < -0.39 is 5.97 Å². The summed E-state index contributed by atoms with van der Waals surface area (Å²) in [5.74, 6) is -1.06. The Labute approximate surface area is 117 Å². The third-order valence-electron chi connectivity index (χ3n) is 3.24. The third kappa shape index (κ3) is 3.67. The molecule has 1 saturated heterocycles. The van der Waals surface area contributed by atoms with Crippen LogP contribution in [-0.4, -0.2) is 65.1 Å². The molecule has 1 aliphatic heterocycles. The molecular formula is C13H18N4O3. The van der Waals surface area contributed by atoms with Gasteiger partial charge >= 0.3 is 12.0 Å². The molecule has 1 fully saturated rings. The van der Waals surface area contributed by atoms with Gasteiger partial charge in [-0.05, 0) is 26.1 Å². The lowest BCUT2D eigenvalue weighted by Crippen LogP contribution is -2.37. The second-order valence-electron chi connectivity index (χ2n) is 4.84. The molecule has 0 spiro atoms. The number of likely N-dealkylation sites (N-methyl/N-ethyl adjacent to an activating group) is 1. The maximum Gasteiger partial charge on any atom is 0.337 e. The lowest BCUT2D eigenvalue weighted by atomic mass is 10.2. The molecule has 0 saturated carbocycles. The number of pyridine rings is 1. The Bertz CT molecular complexity index is 506. The summed E-state index contributed by atoms with van der Waals surface area (Å²) in [6.07, 6.45) is 3.62. The molecule has 1 aliphatic rings. The number of hydrogen-bond acceptors (Lipinski definition) is 4. The molecule has 2 amide bonds. The highest BCUT2D eigenvalue weighted by Gasteiger charge is 2.17. The van der Waals surface area contributed by atoms with Crippen LogP contribution in [0, 0.1) is 0 Å². The van der Waals surface area contributed by atoms with Crippen LogP contribution >= 0.6 is 0 Å². The Morgan fingerprint density at radius 3 is 2.80 bits per heavy atom. The quantitative estimate of drug-likeness (QED) is 0.841. The first-order valence-corrected chi connectivity index (χ1v) is 6.49. The Morgan fingerprint density at radius 2 is 2.05 bits per heavy atom. The molecule has 0 bridgehead atoms. The van der Waals surface area contributed by atoms with Gasteiger partial charge in [0, 0.05) is 25.8 Å². The molecule has 0 aromatic carbocycles. The van der Waals surface area contributed by atoms with E-state index >= 15 is 0 Å². The fraction of sp³-hybridized carbons (Fsp3) is 0.462. The van der Waals surface area contributed by atoms with Crippen LogP contribution in [0.25, 0.3) is 0 Å². The molecule has 20 heavy (non-hydrogen) atoms. The predicted molar refractivity (Wildman–Crippen MR) is 73.9 cm³/mol. The van der Waals surface area contributed by atoms with Crippen molar-refractivity contribution < 1.29 is 14.7 Å². The van der Waals surface area contributed by atoms with Crippen LogP contribution in [0.2, 0.25) is 0 Å². The minimum absolute atomic E-state index is 0.0541. The van der Waals surface area contributed by atoms with Crippen LogP contribution in [0.1, 0.15) is 16.8 Å². The van der Waals surface area contributed by atoms with Crippen molar-refractivity contribution in [2.75, 3.05) is 38.5 Å².